The lowest BCUT2D eigenvalue weighted by atomic mass is 9.96. The minimum absolute atomic E-state index is 0.182. The third-order valence-electron chi connectivity index (χ3n) is 2.37. The van der Waals surface area contributed by atoms with E-state index in [9.17, 15) is 18.3 Å². The maximum atomic E-state index is 12.4. The highest BCUT2D eigenvalue weighted by Gasteiger charge is 2.50. The van der Waals surface area contributed by atoms with E-state index in [0.29, 0.717) is 12.5 Å². The number of alkyl halides is 3. The van der Waals surface area contributed by atoms with Gasteiger partial charge in [-0.2, -0.15) is 13.2 Å². The number of halogens is 3. The minimum Gasteiger partial charge on any atom is -0.377 e. The Morgan fingerprint density at radius 1 is 1.38 bits per heavy atom. The van der Waals surface area contributed by atoms with Crippen molar-refractivity contribution in [2.75, 3.05) is 6.54 Å². The summed E-state index contributed by atoms with van der Waals surface area (Å²) in [5.41, 5.74) is 2.88. The van der Waals surface area contributed by atoms with Crippen LogP contribution in [0.5, 0.6) is 0 Å². The maximum absolute atomic E-state index is 12.4. The largest absolute Gasteiger partial charge is 0.420 e. The third kappa shape index (κ3) is 3.50. The van der Waals surface area contributed by atoms with Crippen LogP contribution in [0.2, 0.25) is 0 Å². The number of aliphatic hydroxyl groups is 1. The van der Waals surface area contributed by atoms with E-state index < -0.39 is 11.8 Å². The Labute approximate surface area is 93.0 Å². The fourth-order valence-corrected chi connectivity index (χ4v) is 0.837. The molecule has 3 N–H and O–H groups in total. The van der Waals surface area contributed by atoms with E-state index in [0.717, 1.165) is 0 Å². The Bertz CT molecular complexity index is 314. The number of hydrogen-bond acceptors (Lipinski definition) is 2. The first kappa shape index (κ1) is 14.9. The normalized spacial score (nSPS) is 18.2. The summed E-state index contributed by atoms with van der Waals surface area (Å²) < 4.78 is 37.2. The molecule has 92 valence electrons. The Kier molecular flexibility index (Phi) is 4.96. The van der Waals surface area contributed by atoms with Gasteiger partial charge in [-0.25, -0.2) is 0 Å². The maximum Gasteiger partial charge on any atom is 0.420 e. The van der Waals surface area contributed by atoms with Crippen LogP contribution in [0.4, 0.5) is 13.2 Å². The Morgan fingerprint density at radius 2 is 1.88 bits per heavy atom. The molecule has 0 aromatic carbocycles. The first-order valence-corrected chi connectivity index (χ1v) is 4.66. The van der Waals surface area contributed by atoms with E-state index in [4.69, 9.17) is 5.73 Å². The molecule has 0 amide bonds. The molecule has 0 heterocycles. The standard InChI is InChI=1S/C11H16F3NO/c1-4-9(7-15)6-5-8(2)10(3,16)11(12,13)14/h4-6,16H,1,7,15H2,2-3H3/b8-5+,9-6+. The minimum atomic E-state index is -4.70. The summed E-state index contributed by atoms with van der Waals surface area (Å²) in [5.74, 6) is 0. The molecule has 0 aliphatic rings. The van der Waals surface area contributed by atoms with Gasteiger partial charge in [0.05, 0.1) is 0 Å². The molecule has 0 aliphatic heterocycles. The van der Waals surface area contributed by atoms with Gasteiger partial charge >= 0.3 is 6.18 Å². The van der Waals surface area contributed by atoms with E-state index >= 15 is 0 Å². The summed E-state index contributed by atoms with van der Waals surface area (Å²) in [5, 5.41) is 9.30. The van der Waals surface area contributed by atoms with Crippen LogP contribution < -0.4 is 5.73 Å². The molecule has 16 heavy (non-hydrogen) atoms. The molecule has 0 aliphatic carbocycles. The Morgan fingerprint density at radius 3 is 2.19 bits per heavy atom. The van der Waals surface area contributed by atoms with Crippen molar-refractivity contribution < 1.29 is 18.3 Å². The first-order chi connectivity index (χ1) is 7.16. The van der Waals surface area contributed by atoms with E-state index in [1.807, 2.05) is 0 Å². The smallest absolute Gasteiger partial charge is 0.377 e. The average molecular weight is 235 g/mol. The second kappa shape index (κ2) is 5.32. The summed E-state index contributed by atoms with van der Waals surface area (Å²) >= 11 is 0. The van der Waals surface area contributed by atoms with Gasteiger partial charge in [-0.1, -0.05) is 24.8 Å². The third-order valence-corrected chi connectivity index (χ3v) is 2.37. The van der Waals surface area contributed by atoms with Crippen LogP contribution in [0.25, 0.3) is 0 Å². The zero-order chi connectivity index (χ0) is 13.0. The van der Waals surface area contributed by atoms with E-state index in [2.05, 4.69) is 6.58 Å². The molecule has 0 spiro atoms. The molecule has 0 bridgehead atoms. The van der Waals surface area contributed by atoms with Gasteiger partial charge in [-0.3, -0.25) is 0 Å². The Hall–Kier alpha value is -1.07. The van der Waals surface area contributed by atoms with Gasteiger partial charge in [-0.05, 0) is 25.0 Å². The average Bonchev–Trinajstić information content (AvgIpc) is 2.17. The SMILES string of the molecule is C=C/C(=C\C=C(/C)C(C)(O)C(F)(F)F)CN. The van der Waals surface area contributed by atoms with Gasteiger partial charge in [0.1, 0.15) is 0 Å². The van der Waals surface area contributed by atoms with Crippen LogP contribution in [0, 0.1) is 0 Å². The zero-order valence-corrected chi connectivity index (χ0v) is 9.30. The fourth-order valence-electron chi connectivity index (χ4n) is 0.837. The molecule has 2 nitrogen and oxygen atoms in total. The van der Waals surface area contributed by atoms with Crippen molar-refractivity contribution in [2.45, 2.75) is 25.6 Å². The molecule has 0 rings (SSSR count). The Balaban J connectivity index is 5.07. The highest BCUT2D eigenvalue weighted by Crippen LogP contribution is 2.35. The molecule has 0 radical (unpaired) electrons. The highest BCUT2D eigenvalue weighted by atomic mass is 19.4. The van der Waals surface area contributed by atoms with Crippen LogP contribution in [0.15, 0.2) is 36.0 Å². The lowest BCUT2D eigenvalue weighted by molar-refractivity contribution is -0.236. The van der Waals surface area contributed by atoms with Gasteiger partial charge in [0.25, 0.3) is 0 Å². The summed E-state index contributed by atoms with van der Waals surface area (Å²) in [6.07, 6.45) is -0.648. The molecule has 0 aromatic rings. The van der Waals surface area contributed by atoms with Gasteiger partial charge < -0.3 is 10.8 Å². The second-order valence-corrected chi connectivity index (χ2v) is 3.57. The van der Waals surface area contributed by atoms with Crippen molar-refractivity contribution in [3.63, 3.8) is 0 Å². The second-order valence-electron chi connectivity index (χ2n) is 3.57. The first-order valence-electron chi connectivity index (χ1n) is 4.66. The number of rotatable bonds is 4. The van der Waals surface area contributed by atoms with Crippen LogP contribution in [0.1, 0.15) is 13.8 Å². The fraction of sp³-hybridized carbons (Fsp3) is 0.455. The molecule has 0 saturated heterocycles. The van der Waals surface area contributed by atoms with Crippen molar-refractivity contribution in [3.8, 4) is 0 Å². The molecule has 1 atom stereocenters. The van der Waals surface area contributed by atoms with Crippen molar-refractivity contribution in [3.05, 3.63) is 36.0 Å². The number of hydrogen-bond donors (Lipinski definition) is 2. The van der Waals surface area contributed by atoms with Crippen molar-refractivity contribution in [1.29, 1.82) is 0 Å². The number of nitrogens with two attached hydrogens (primary N) is 1. The lowest BCUT2D eigenvalue weighted by Gasteiger charge is -2.27. The van der Waals surface area contributed by atoms with Crippen LogP contribution >= 0.6 is 0 Å². The molecule has 0 saturated carbocycles. The van der Waals surface area contributed by atoms with Gasteiger partial charge in [0, 0.05) is 6.54 Å². The predicted octanol–water partition coefficient (Wildman–Crippen LogP) is 2.32. The predicted molar refractivity (Wildman–Crippen MR) is 57.8 cm³/mol. The summed E-state index contributed by atoms with van der Waals surface area (Å²) in [7, 11) is 0. The van der Waals surface area contributed by atoms with Crippen LogP contribution in [-0.4, -0.2) is 23.4 Å². The molecular weight excluding hydrogens is 219 g/mol. The molecule has 1 unspecified atom stereocenters. The van der Waals surface area contributed by atoms with Crippen molar-refractivity contribution >= 4 is 0 Å². The topological polar surface area (TPSA) is 46.2 Å². The van der Waals surface area contributed by atoms with Crippen LogP contribution in [0.3, 0.4) is 0 Å². The van der Waals surface area contributed by atoms with Gasteiger partial charge in [-0.15, -0.1) is 0 Å². The highest BCUT2D eigenvalue weighted by molar-refractivity contribution is 5.28. The van der Waals surface area contributed by atoms with Crippen LogP contribution in [-0.2, 0) is 0 Å². The lowest BCUT2D eigenvalue weighted by Crippen LogP contribution is -2.43. The van der Waals surface area contributed by atoms with E-state index in [1.165, 1.54) is 25.2 Å². The van der Waals surface area contributed by atoms with Gasteiger partial charge in [0.15, 0.2) is 5.60 Å². The quantitative estimate of drug-likeness (QED) is 0.734. The monoisotopic (exact) mass is 235 g/mol. The number of allylic oxidation sites excluding steroid dienone is 2. The molecule has 5 heteroatoms. The summed E-state index contributed by atoms with van der Waals surface area (Å²) in [6, 6.07) is 0. The summed E-state index contributed by atoms with van der Waals surface area (Å²) in [6.45, 7) is 5.56. The zero-order valence-electron chi connectivity index (χ0n) is 9.30. The summed E-state index contributed by atoms with van der Waals surface area (Å²) in [4.78, 5) is 0. The molecular formula is C11H16F3NO. The van der Waals surface area contributed by atoms with E-state index in [1.54, 1.807) is 0 Å². The van der Waals surface area contributed by atoms with Crippen molar-refractivity contribution in [1.82, 2.24) is 0 Å². The molecule has 0 fully saturated rings. The van der Waals surface area contributed by atoms with Crippen molar-refractivity contribution in [2.24, 2.45) is 5.73 Å². The molecule has 0 aromatic heterocycles. The van der Waals surface area contributed by atoms with Gasteiger partial charge in [0.2, 0.25) is 0 Å². The van der Waals surface area contributed by atoms with E-state index in [-0.39, 0.29) is 12.1 Å².